The molecular formula is C92H204BrFN10O. The lowest BCUT2D eigenvalue weighted by Gasteiger charge is -2.34. The minimum Gasteiger partial charge on any atom is -0.379 e. The van der Waals surface area contributed by atoms with Gasteiger partial charge in [0.2, 0.25) is 0 Å². The molecule has 0 aliphatic carbocycles. The van der Waals surface area contributed by atoms with E-state index in [0.29, 0.717) is 60.6 Å². The maximum absolute atomic E-state index is 11.5. The van der Waals surface area contributed by atoms with Gasteiger partial charge in [-0.15, -0.1) is 0 Å². The fourth-order valence-electron chi connectivity index (χ4n) is 10.6. The summed E-state index contributed by atoms with van der Waals surface area (Å²) in [5.74, 6) is 0.939. The van der Waals surface area contributed by atoms with E-state index >= 15 is 0 Å². The maximum atomic E-state index is 11.5. The average molecular weight is 1570 g/mol. The van der Waals surface area contributed by atoms with E-state index in [0.717, 1.165) is 63.5 Å². The molecule has 0 aromatic carbocycles. The van der Waals surface area contributed by atoms with E-state index in [-0.39, 0.29) is 12.1 Å². The second kappa shape index (κ2) is 62.3. The van der Waals surface area contributed by atoms with Gasteiger partial charge in [0, 0.05) is 70.8 Å². The molecule has 5 rings (SSSR count). The first-order chi connectivity index (χ1) is 47.5. The number of hydrogen-bond donors (Lipinski definition) is 4. The molecule has 5 saturated heterocycles. The molecule has 5 fully saturated rings. The number of rotatable bonds is 17. The molecule has 5 heterocycles. The van der Waals surface area contributed by atoms with Crippen LogP contribution in [0.4, 0.5) is 4.39 Å². The van der Waals surface area contributed by atoms with Crippen molar-refractivity contribution < 1.29 is 9.13 Å². The number of piperidine rings is 2. The Morgan fingerprint density at radius 3 is 0.933 bits per heavy atom. The first-order valence-electron chi connectivity index (χ1n) is 43.3. The second-order valence-electron chi connectivity index (χ2n) is 45.1. The molecule has 0 radical (unpaired) electrons. The first-order valence-corrected chi connectivity index (χ1v) is 44.4. The number of nitrogens with two attached hydrogens (primary N) is 2. The highest BCUT2D eigenvalue weighted by atomic mass is 79.9. The molecule has 0 aromatic rings. The smallest absolute Gasteiger partial charge is 0.0899 e. The molecule has 0 amide bonds. The molecular weight excluding hydrogens is 1360 g/mol. The molecule has 5 aliphatic rings. The van der Waals surface area contributed by atoms with Gasteiger partial charge >= 0.3 is 0 Å². The third kappa shape index (κ3) is 108. The van der Waals surface area contributed by atoms with Crippen LogP contribution in [0.2, 0.25) is 0 Å². The molecule has 105 heavy (non-hydrogen) atoms. The Hall–Kier alpha value is -0.0300. The molecule has 13 heteroatoms. The zero-order valence-electron chi connectivity index (χ0n) is 79.5. The summed E-state index contributed by atoms with van der Waals surface area (Å²) in [5, 5.41) is 7.88. The Labute approximate surface area is 672 Å². The summed E-state index contributed by atoms with van der Waals surface area (Å²) in [4.78, 5) is 14.9. The summed E-state index contributed by atoms with van der Waals surface area (Å²) in [6.07, 6.45) is 23.1. The zero-order valence-corrected chi connectivity index (χ0v) is 81.1. The lowest BCUT2D eigenvalue weighted by atomic mass is 9.76. The van der Waals surface area contributed by atoms with Gasteiger partial charge in [0.25, 0.3) is 0 Å². The first kappa shape index (κ1) is 116. The molecule has 0 saturated carbocycles. The van der Waals surface area contributed by atoms with Gasteiger partial charge in [-0.1, -0.05) is 271 Å². The number of nitrogens with zero attached hydrogens (tertiary/aromatic N) is 6. The Balaban J connectivity index is -0.000000259. The summed E-state index contributed by atoms with van der Waals surface area (Å²) in [5.41, 5.74) is 15.8. The second-order valence-corrected chi connectivity index (χ2v) is 45.8. The average Bonchev–Trinajstić information content (AvgIpc) is 0.879. The lowest BCUT2D eigenvalue weighted by molar-refractivity contribution is 0.0333. The number of ether oxygens (including phenoxy) is 1. The number of morpholine rings is 1. The van der Waals surface area contributed by atoms with Crippen LogP contribution >= 0.6 is 15.9 Å². The quantitative estimate of drug-likeness (QED) is 0.105. The Morgan fingerprint density at radius 1 is 0.381 bits per heavy atom. The number of piperazine rings is 2. The molecule has 5 aliphatic heterocycles. The minimum atomic E-state index is -0.191. The third-order valence-corrected chi connectivity index (χ3v) is 19.3. The van der Waals surface area contributed by atoms with Gasteiger partial charge in [-0.05, 0) is 255 Å². The van der Waals surface area contributed by atoms with E-state index in [1.165, 1.54) is 208 Å². The summed E-state index contributed by atoms with van der Waals surface area (Å²) in [6.45, 7) is 104. The zero-order chi connectivity index (χ0) is 83.1. The van der Waals surface area contributed by atoms with Crippen LogP contribution in [0.1, 0.15) is 351 Å². The molecule has 6 N–H and O–H groups in total. The predicted molar refractivity (Wildman–Crippen MR) is 483 cm³/mol. The van der Waals surface area contributed by atoms with Crippen LogP contribution in [0.25, 0.3) is 0 Å². The lowest BCUT2D eigenvalue weighted by Crippen LogP contribution is -2.45. The van der Waals surface area contributed by atoms with Crippen molar-refractivity contribution in [3.63, 3.8) is 0 Å². The van der Waals surface area contributed by atoms with Gasteiger partial charge in [0.15, 0.2) is 0 Å². The normalized spacial score (nSPS) is 17.5. The largest absolute Gasteiger partial charge is 0.379 e. The number of likely N-dealkylation sites (tertiary alicyclic amines) is 1. The van der Waals surface area contributed by atoms with E-state index < -0.39 is 0 Å². The van der Waals surface area contributed by atoms with E-state index in [4.69, 9.17) is 16.2 Å². The number of alkyl halides is 2. The Bertz CT molecular complexity index is 1680. The molecule has 0 spiro atoms. The van der Waals surface area contributed by atoms with Crippen molar-refractivity contribution in [2.24, 2.45) is 77.0 Å². The van der Waals surface area contributed by atoms with Crippen molar-refractivity contribution in [1.29, 1.82) is 0 Å². The van der Waals surface area contributed by atoms with Gasteiger partial charge in [-0.2, -0.15) is 0 Å². The standard InChI is InChI=1S/C11H24N2.C11H23N.C10H22N2.C10H21NO.C9H19N.C8H19N.C8H18.C7H17N.C6H13Br.C6H13F.C6H15N/c1-11(2,3)5-6-13-9-7-12(4)8-10-13;1-11(2,3)7-10-12-8-5-4-6-9-12;1-10(2,3)4-7-12-8-5-11-6-9-12;1-10(2,3)4-5-11-6-8-12-9-7-11;1-9(2,3)8-4-6-10-7-5-8;1-8(2,3)6-7-9(4)5;1-5-6-7-8(2,3)4;1-7(2,3)5-4-6-8;3*1-6(2,3)4-5-7/h5-10H2,1-4H3;4-10H2,1-3H3;11H,4-9H2,1-3H3;4-9H2,1-3H3;8,10H,4-7H2,1-3H3;6-7H2,1-5H3;5-7H2,1-4H3;4-6,8H2,1-3H3;2*4-5H2,1-3H3;4-5,7H2,1-3H3. The van der Waals surface area contributed by atoms with Gasteiger partial charge in [0.1, 0.15) is 0 Å². The highest BCUT2D eigenvalue weighted by Crippen LogP contribution is 2.32. The summed E-state index contributed by atoms with van der Waals surface area (Å²) in [6, 6.07) is 0. The van der Waals surface area contributed by atoms with E-state index in [9.17, 15) is 4.39 Å². The highest BCUT2D eigenvalue weighted by Gasteiger charge is 2.26. The van der Waals surface area contributed by atoms with E-state index in [1.807, 2.05) is 20.8 Å². The fraction of sp³-hybridized carbons (Fsp3) is 1.00. The number of hydrogen-bond acceptors (Lipinski definition) is 11. The van der Waals surface area contributed by atoms with Gasteiger partial charge < -0.3 is 51.3 Å². The van der Waals surface area contributed by atoms with Crippen LogP contribution in [0.5, 0.6) is 0 Å². The fourth-order valence-corrected chi connectivity index (χ4v) is 11.8. The number of unbranched alkanes of at least 4 members (excludes halogenated alkanes) is 1. The molecule has 0 aromatic heterocycles. The van der Waals surface area contributed by atoms with Gasteiger partial charge in [-0.25, -0.2) is 0 Å². The molecule has 642 valence electrons. The van der Waals surface area contributed by atoms with Crippen molar-refractivity contribution in [2.75, 3.05) is 184 Å². The van der Waals surface area contributed by atoms with Crippen LogP contribution < -0.4 is 22.1 Å². The maximum Gasteiger partial charge on any atom is 0.0899 e. The highest BCUT2D eigenvalue weighted by molar-refractivity contribution is 9.09. The Morgan fingerprint density at radius 2 is 0.705 bits per heavy atom. The number of nitrogens with one attached hydrogen (secondary N) is 2. The third-order valence-electron chi connectivity index (χ3n) is 18.9. The van der Waals surface area contributed by atoms with Crippen molar-refractivity contribution >= 4 is 15.9 Å². The van der Waals surface area contributed by atoms with E-state index in [1.54, 1.807) is 0 Å². The van der Waals surface area contributed by atoms with Gasteiger partial charge in [0.05, 0.1) is 19.9 Å². The van der Waals surface area contributed by atoms with E-state index in [2.05, 4.69) is 292 Å². The van der Waals surface area contributed by atoms with Gasteiger partial charge in [-0.3, -0.25) is 9.29 Å². The van der Waals surface area contributed by atoms with Crippen LogP contribution in [0.15, 0.2) is 0 Å². The molecule has 11 nitrogen and oxygen atoms in total. The molecule has 0 atom stereocenters. The van der Waals surface area contributed by atoms with Crippen molar-refractivity contribution in [2.45, 2.75) is 351 Å². The summed E-state index contributed by atoms with van der Waals surface area (Å²) >= 11 is 3.39. The minimum absolute atomic E-state index is 0.175. The summed E-state index contributed by atoms with van der Waals surface area (Å²) < 4.78 is 16.8. The number of likely N-dealkylation sites (N-methyl/N-ethyl adjacent to an activating group) is 1. The summed E-state index contributed by atoms with van der Waals surface area (Å²) in [7, 11) is 6.44. The van der Waals surface area contributed by atoms with Crippen molar-refractivity contribution in [3.05, 3.63) is 0 Å². The van der Waals surface area contributed by atoms with Crippen LogP contribution in [-0.4, -0.2) is 213 Å². The molecule has 0 bridgehead atoms. The molecule has 0 unspecified atom stereocenters. The predicted octanol–water partition coefficient (Wildman–Crippen LogP) is 23.3. The van der Waals surface area contributed by atoms with Crippen molar-refractivity contribution in [3.8, 4) is 0 Å². The monoisotopic (exact) mass is 1560 g/mol. The van der Waals surface area contributed by atoms with Crippen LogP contribution in [-0.2, 0) is 4.74 Å². The number of halogens is 2. The SMILES string of the molecule is CC(C)(C)C1CCNCC1.CC(C)(C)CCBr.CC(C)(C)CCCN.CC(C)(C)CCF.CC(C)(C)CCN.CC(C)(C)CCN1CCCCC1.CC(C)(C)CCN1CCNCC1.CC(C)(C)CCN1CCOCC1.CCCCC(C)(C)C.CN(C)CCC(C)(C)C.CN1CCN(CCC(C)(C)C)CC1. The topological polar surface area (TPSA) is 105 Å². The van der Waals surface area contributed by atoms with Crippen LogP contribution in [0.3, 0.4) is 0 Å². The Kier molecular flexibility index (Phi) is 68.8. The van der Waals surface area contributed by atoms with Crippen LogP contribution in [0, 0.1) is 65.5 Å². The van der Waals surface area contributed by atoms with Crippen molar-refractivity contribution in [1.82, 2.24) is 40.0 Å².